The Labute approximate surface area is 164 Å². The Bertz CT molecular complexity index is 999. The number of imide groups is 2. The van der Waals surface area contributed by atoms with E-state index in [9.17, 15) is 19.2 Å². The molecule has 1 fully saturated rings. The lowest BCUT2D eigenvalue weighted by Gasteiger charge is -2.14. The number of amides is 4. The first-order chi connectivity index (χ1) is 13.9. The second-order valence-corrected chi connectivity index (χ2v) is 5.75. The number of benzene rings is 1. The fourth-order valence-electron chi connectivity index (χ4n) is 2.48. The van der Waals surface area contributed by atoms with Gasteiger partial charge in [0.15, 0.2) is 11.5 Å². The Hall–Kier alpha value is -4.08. The third-order valence-electron chi connectivity index (χ3n) is 3.86. The van der Waals surface area contributed by atoms with Crippen molar-refractivity contribution in [2.75, 3.05) is 14.2 Å². The summed E-state index contributed by atoms with van der Waals surface area (Å²) in [6.45, 7) is 0.0285. The van der Waals surface area contributed by atoms with Crippen LogP contribution in [0.5, 0.6) is 11.5 Å². The maximum absolute atomic E-state index is 11.8. The smallest absolute Gasteiger partial charge is 0.373 e. The van der Waals surface area contributed by atoms with Crippen LogP contribution in [0.25, 0.3) is 6.08 Å². The molecule has 10 heteroatoms. The van der Waals surface area contributed by atoms with Gasteiger partial charge in [-0.25, -0.2) is 9.59 Å². The minimum Gasteiger partial charge on any atom is -0.493 e. The van der Waals surface area contributed by atoms with E-state index in [0.717, 1.165) is 0 Å². The topological polar surface area (TPSA) is 133 Å². The SMILES string of the molecule is COC(=O)c1ccc(COc2ccc(C=C3C(=O)NC(=O)NC3=O)cc2OC)o1. The van der Waals surface area contributed by atoms with Crippen molar-refractivity contribution in [1.82, 2.24) is 10.6 Å². The summed E-state index contributed by atoms with van der Waals surface area (Å²) in [5.74, 6) is -1.01. The van der Waals surface area contributed by atoms with E-state index in [0.29, 0.717) is 22.8 Å². The zero-order valence-electron chi connectivity index (χ0n) is 15.4. The molecule has 4 amide bonds. The average Bonchev–Trinajstić information content (AvgIpc) is 3.17. The molecule has 0 unspecified atom stereocenters. The molecule has 150 valence electrons. The van der Waals surface area contributed by atoms with Crippen molar-refractivity contribution >= 4 is 29.9 Å². The summed E-state index contributed by atoms with van der Waals surface area (Å²) in [5, 5.41) is 3.99. The number of barbiturate groups is 1. The molecular weight excluding hydrogens is 384 g/mol. The predicted molar refractivity (Wildman–Crippen MR) is 97.0 cm³/mol. The van der Waals surface area contributed by atoms with E-state index < -0.39 is 23.8 Å². The van der Waals surface area contributed by atoms with Gasteiger partial charge >= 0.3 is 12.0 Å². The van der Waals surface area contributed by atoms with Crippen molar-refractivity contribution in [3.8, 4) is 11.5 Å². The molecule has 0 bridgehead atoms. The van der Waals surface area contributed by atoms with Gasteiger partial charge in [0.1, 0.15) is 17.9 Å². The molecule has 2 N–H and O–H groups in total. The van der Waals surface area contributed by atoms with Gasteiger partial charge in [-0.05, 0) is 35.9 Å². The lowest BCUT2D eigenvalue weighted by Crippen LogP contribution is -2.51. The number of esters is 1. The molecule has 0 saturated carbocycles. The average molecular weight is 400 g/mol. The summed E-state index contributed by atoms with van der Waals surface area (Å²) in [5.41, 5.74) is 0.265. The van der Waals surface area contributed by atoms with E-state index in [1.165, 1.54) is 26.4 Å². The summed E-state index contributed by atoms with van der Waals surface area (Å²) >= 11 is 0. The number of rotatable bonds is 6. The highest BCUT2D eigenvalue weighted by molar-refractivity contribution is 6.31. The molecule has 0 radical (unpaired) electrons. The summed E-state index contributed by atoms with van der Waals surface area (Å²) in [7, 11) is 2.68. The van der Waals surface area contributed by atoms with Crippen LogP contribution < -0.4 is 20.1 Å². The minimum atomic E-state index is -0.869. The van der Waals surface area contributed by atoms with Crippen molar-refractivity contribution in [3.63, 3.8) is 0 Å². The molecule has 0 aliphatic carbocycles. The van der Waals surface area contributed by atoms with Crippen molar-refractivity contribution in [2.45, 2.75) is 6.61 Å². The highest BCUT2D eigenvalue weighted by Gasteiger charge is 2.27. The molecule has 1 aromatic heterocycles. The normalized spacial score (nSPS) is 13.4. The maximum atomic E-state index is 11.8. The zero-order valence-corrected chi connectivity index (χ0v) is 15.4. The third-order valence-corrected chi connectivity index (χ3v) is 3.86. The molecular formula is C19H16N2O8. The van der Waals surface area contributed by atoms with Gasteiger partial charge in [0, 0.05) is 0 Å². The van der Waals surface area contributed by atoms with Crippen LogP contribution in [-0.2, 0) is 20.9 Å². The number of carbonyl (C=O) groups excluding carboxylic acids is 4. The fourth-order valence-corrected chi connectivity index (χ4v) is 2.48. The second-order valence-electron chi connectivity index (χ2n) is 5.75. The lowest BCUT2D eigenvalue weighted by molar-refractivity contribution is -0.123. The van der Waals surface area contributed by atoms with Gasteiger partial charge < -0.3 is 18.6 Å². The Morgan fingerprint density at radius 3 is 2.41 bits per heavy atom. The second kappa shape index (κ2) is 8.30. The van der Waals surface area contributed by atoms with Crippen LogP contribution in [0.1, 0.15) is 21.9 Å². The fraction of sp³-hybridized carbons (Fsp3) is 0.158. The first-order valence-electron chi connectivity index (χ1n) is 8.27. The van der Waals surface area contributed by atoms with Crippen molar-refractivity contribution in [2.24, 2.45) is 0 Å². The summed E-state index contributed by atoms with van der Waals surface area (Å²) in [6.07, 6.45) is 1.32. The van der Waals surface area contributed by atoms with Crippen LogP contribution >= 0.6 is 0 Å². The lowest BCUT2D eigenvalue weighted by atomic mass is 10.1. The molecule has 0 spiro atoms. The molecule has 10 nitrogen and oxygen atoms in total. The molecule has 1 aromatic carbocycles. The van der Waals surface area contributed by atoms with Crippen molar-refractivity contribution in [1.29, 1.82) is 0 Å². The van der Waals surface area contributed by atoms with E-state index in [4.69, 9.17) is 13.9 Å². The van der Waals surface area contributed by atoms with Gasteiger partial charge in [-0.3, -0.25) is 20.2 Å². The Morgan fingerprint density at radius 2 is 1.76 bits per heavy atom. The monoisotopic (exact) mass is 400 g/mol. The first-order valence-corrected chi connectivity index (χ1v) is 8.27. The molecule has 0 atom stereocenters. The molecule has 1 saturated heterocycles. The molecule has 1 aliphatic heterocycles. The van der Waals surface area contributed by atoms with Gasteiger partial charge in [0.2, 0.25) is 5.76 Å². The van der Waals surface area contributed by atoms with Gasteiger partial charge in [0.25, 0.3) is 11.8 Å². The molecule has 29 heavy (non-hydrogen) atoms. The van der Waals surface area contributed by atoms with Crippen LogP contribution in [0.2, 0.25) is 0 Å². The van der Waals surface area contributed by atoms with Crippen molar-refractivity contribution < 1.29 is 37.8 Å². The van der Waals surface area contributed by atoms with E-state index in [-0.39, 0.29) is 17.9 Å². The van der Waals surface area contributed by atoms with Crippen LogP contribution in [0.3, 0.4) is 0 Å². The van der Waals surface area contributed by atoms with Gasteiger partial charge in [-0.2, -0.15) is 0 Å². The zero-order chi connectivity index (χ0) is 21.0. The first kappa shape index (κ1) is 19.7. The maximum Gasteiger partial charge on any atom is 0.373 e. The number of carbonyl (C=O) groups is 4. The highest BCUT2D eigenvalue weighted by atomic mass is 16.5. The molecule has 1 aliphatic rings. The highest BCUT2D eigenvalue weighted by Crippen LogP contribution is 2.30. The van der Waals surface area contributed by atoms with Crippen LogP contribution in [-0.4, -0.2) is 38.0 Å². The number of urea groups is 1. The van der Waals surface area contributed by atoms with Gasteiger partial charge in [0.05, 0.1) is 14.2 Å². The summed E-state index contributed by atoms with van der Waals surface area (Å²) in [4.78, 5) is 46.1. The van der Waals surface area contributed by atoms with E-state index in [1.54, 1.807) is 24.3 Å². The van der Waals surface area contributed by atoms with Crippen LogP contribution in [0.4, 0.5) is 4.79 Å². The largest absolute Gasteiger partial charge is 0.493 e. The quantitative estimate of drug-likeness (QED) is 0.422. The Kier molecular flexibility index (Phi) is 5.63. The minimum absolute atomic E-state index is 0.0285. The van der Waals surface area contributed by atoms with Gasteiger partial charge in [-0.15, -0.1) is 0 Å². The molecule has 3 rings (SSSR count). The standard InChI is InChI=1S/C19H16N2O8/c1-26-15-8-10(7-12-16(22)20-19(25)21-17(12)23)3-5-13(15)28-9-11-4-6-14(29-11)18(24)27-2/h3-8H,9H2,1-2H3,(H2,20,21,22,23,25). The van der Waals surface area contributed by atoms with Crippen LogP contribution in [0, 0.1) is 0 Å². The number of hydrogen-bond donors (Lipinski definition) is 2. The van der Waals surface area contributed by atoms with Crippen molar-refractivity contribution in [3.05, 3.63) is 53.0 Å². The predicted octanol–water partition coefficient (Wildman–Crippen LogP) is 1.40. The van der Waals surface area contributed by atoms with E-state index in [1.807, 2.05) is 10.6 Å². The number of nitrogens with one attached hydrogen (secondary N) is 2. The number of furan rings is 1. The number of hydrogen-bond acceptors (Lipinski definition) is 8. The Morgan fingerprint density at radius 1 is 1.03 bits per heavy atom. The summed E-state index contributed by atoms with van der Waals surface area (Å²) < 4.78 is 20.8. The summed E-state index contributed by atoms with van der Waals surface area (Å²) in [6, 6.07) is 6.93. The van der Waals surface area contributed by atoms with E-state index in [2.05, 4.69) is 4.74 Å². The molecule has 2 heterocycles. The number of methoxy groups -OCH3 is 2. The molecule has 2 aromatic rings. The Balaban J connectivity index is 1.75. The third kappa shape index (κ3) is 4.43. The number of ether oxygens (including phenoxy) is 3. The van der Waals surface area contributed by atoms with Gasteiger partial charge in [-0.1, -0.05) is 6.07 Å². The van der Waals surface area contributed by atoms with E-state index >= 15 is 0 Å². The van der Waals surface area contributed by atoms with Crippen LogP contribution in [0.15, 0.2) is 40.3 Å².